The lowest BCUT2D eigenvalue weighted by Gasteiger charge is -2.15. The van der Waals surface area contributed by atoms with Crippen LogP contribution in [0.2, 0.25) is 0 Å². The second-order valence-corrected chi connectivity index (χ2v) is 5.06. The quantitative estimate of drug-likeness (QED) is 0.743. The summed E-state index contributed by atoms with van der Waals surface area (Å²) in [5.74, 6) is 2.23. The van der Waals surface area contributed by atoms with Crippen LogP contribution in [0.25, 0.3) is 0 Å². The van der Waals surface area contributed by atoms with Crippen LogP contribution < -0.4 is 9.47 Å². The minimum absolute atomic E-state index is 0.344. The van der Waals surface area contributed by atoms with Crippen LogP contribution in [-0.2, 0) is 0 Å². The van der Waals surface area contributed by atoms with Gasteiger partial charge in [-0.15, -0.1) is 11.6 Å². The zero-order valence-corrected chi connectivity index (χ0v) is 11.0. The summed E-state index contributed by atoms with van der Waals surface area (Å²) in [7, 11) is 1.66. The van der Waals surface area contributed by atoms with Gasteiger partial charge in [0.2, 0.25) is 0 Å². The minimum Gasteiger partial charge on any atom is -0.493 e. The third-order valence-electron chi connectivity index (χ3n) is 3.38. The largest absolute Gasteiger partial charge is 0.493 e. The van der Waals surface area contributed by atoms with E-state index in [0.717, 1.165) is 24.3 Å². The summed E-state index contributed by atoms with van der Waals surface area (Å²) in [4.78, 5) is 0. The van der Waals surface area contributed by atoms with Crippen molar-refractivity contribution in [3.63, 3.8) is 0 Å². The fourth-order valence-corrected chi connectivity index (χ4v) is 2.78. The average Bonchev–Trinajstić information content (AvgIpc) is 2.76. The number of benzene rings is 1. The van der Waals surface area contributed by atoms with Crippen molar-refractivity contribution in [3.05, 3.63) is 24.3 Å². The summed E-state index contributed by atoms with van der Waals surface area (Å²) in [6.45, 7) is 0.717. The van der Waals surface area contributed by atoms with E-state index in [1.54, 1.807) is 7.11 Å². The van der Waals surface area contributed by atoms with Crippen molar-refractivity contribution in [1.82, 2.24) is 0 Å². The highest BCUT2D eigenvalue weighted by molar-refractivity contribution is 6.20. The molecule has 0 aliphatic heterocycles. The van der Waals surface area contributed by atoms with Gasteiger partial charge in [0.1, 0.15) is 0 Å². The Bertz CT molecular complexity index is 354. The maximum Gasteiger partial charge on any atom is 0.161 e. The van der Waals surface area contributed by atoms with Crippen molar-refractivity contribution in [2.24, 2.45) is 5.92 Å². The van der Waals surface area contributed by atoms with Crippen LogP contribution in [-0.4, -0.2) is 19.1 Å². The summed E-state index contributed by atoms with van der Waals surface area (Å²) in [5.41, 5.74) is 0. The molecule has 0 N–H and O–H groups in total. The molecule has 2 rings (SSSR count). The van der Waals surface area contributed by atoms with Gasteiger partial charge in [-0.2, -0.15) is 0 Å². The third-order valence-corrected chi connectivity index (χ3v) is 3.96. The molecule has 0 heterocycles. The van der Waals surface area contributed by atoms with Gasteiger partial charge >= 0.3 is 0 Å². The Hall–Kier alpha value is -0.890. The monoisotopic (exact) mass is 254 g/mol. The Labute approximate surface area is 108 Å². The molecular formula is C14H19ClO2. The molecule has 2 atom stereocenters. The summed E-state index contributed by atoms with van der Waals surface area (Å²) >= 11 is 6.24. The first-order valence-electron chi connectivity index (χ1n) is 6.21. The van der Waals surface area contributed by atoms with Crippen molar-refractivity contribution in [2.45, 2.75) is 31.1 Å². The molecule has 17 heavy (non-hydrogen) atoms. The zero-order chi connectivity index (χ0) is 12.1. The standard InChI is InChI=1S/C14H19ClO2/c1-16-13-7-2-3-8-14(13)17-10-9-11-5-4-6-12(11)15/h2-3,7-8,11-12H,4-6,9-10H2,1H3. The molecule has 0 radical (unpaired) electrons. The fourth-order valence-electron chi connectivity index (χ4n) is 2.38. The molecule has 1 aliphatic carbocycles. The van der Waals surface area contributed by atoms with Gasteiger partial charge in [-0.25, -0.2) is 0 Å². The molecule has 2 nitrogen and oxygen atoms in total. The molecule has 2 unspecified atom stereocenters. The van der Waals surface area contributed by atoms with Crippen molar-refractivity contribution in [3.8, 4) is 11.5 Å². The van der Waals surface area contributed by atoms with Crippen LogP contribution in [0.15, 0.2) is 24.3 Å². The molecule has 1 aliphatic rings. The van der Waals surface area contributed by atoms with Crippen LogP contribution >= 0.6 is 11.6 Å². The predicted octanol–water partition coefficient (Wildman–Crippen LogP) is 3.87. The van der Waals surface area contributed by atoms with E-state index in [-0.39, 0.29) is 0 Å². The van der Waals surface area contributed by atoms with Crippen molar-refractivity contribution < 1.29 is 9.47 Å². The second kappa shape index (κ2) is 6.15. The second-order valence-electron chi connectivity index (χ2n) is 4.49. The molecular weight excluding hydrogens is 236 g/mol. The molecule has 0 saturated heterocycles. The van der Waals surface area contributed by atoms with Gasteiger partial charge in [0, 0.05) is 5.38 Å². The SMILES string of the molecule is COc1ccccc1OCCC1CCCC1Cl. The summed E-state index contributed by atoms with van der Waals surface area (Å²) in [6, 6.07) is 7.75. The Balaban J connectivity index is 1.81. The highest BCUT2D eigenvalue weighted by atomic mass is 35.5. The van der Waals surface area contributed by atoms with Crippen LogP contribution in [0.3, 0.4) is 0 Å². The van der Waals surface area contributed by atoms with E-state index in [0.29, 0.717) is 17.9 Å². The molecule has 94 valence electrons. The average molecular weight is 255 g/mol. The Morgan fingerprint density at radius 2 is 2.00 bits per heavy atom. The lowest BCUT2D eigenvalue weighted by Crippen LogP contribution is -2.11. The normalized spacial score (nSPS) is 23.6. The molecule has 1 aromatic rings. The summed E-state index contributed by atoms with van der Waals surface area (Å²) < 4.78 is 11.0. The fraction of sp³-hybridized carbons (Fsp3) is 0.571. The molecule has 1 saturated carbocycles. The van der Waals surface area contributed by atoms with E-state index >= 15 is 0 Å². The molecule has 1 fully saturated rings. The number of hydrogen-bond acceptors (Lipinski definition) is 2. The highest BCUT2D eigenvalue weighted by Crippen LogP contribution is 2.33. The van der Waals surface area contributed by atoms with Crippen LogP contribution in [0.5, 0.6) is 11.5 Å². The molecule has 3 heteroatoms. The van der Waals surface area contributed by atoms with E-state index in [4.69, 9.17) is 21.1 Å². The van der Waals surface area contributed by atoms with E-state index in [1.807, 2.05) is 24.3 Å². The number of hydrogen-bond donors (Lipinski definition) is 0. The van der Waals surface area contributed by atoms with Crippen molar-refractivity contribution in [2.75, 3.05) is 13.7 Å². The number of halogens is 1. The highest BCUT2D eigenvalue weighted by Gasteiger charge is 2.24. The molecule has 0 bridgehead atoms. The van der Waals surface area contributed by atoms with E-state index < -0.39 is 0 Å². The number of ether oxygens (including phenoxy) is 2. The third kappa shape index (κ3) is 3.29. The Kier molecular flexibility index (Phi) is 4.55. The van der Waals surface area contributed by atoms with E-state index in [9.17, 15) is 0 Å². The van der Waals surface area contributed by atoms with Gasteiger partial charge in [0.25, 0.3) is 0 Å². The molecule has 0 amide bonds. The van der Waals surface area contributed by atoms with Crippen LogP contribution in [0.4, 0.5) is 0 Å². The smallest absolute Gasteiger partial charge is 0.161 e. The lowest BCUT2D eigenvalue weighted by molar-refractivity contribution is 0.265. The zero-order valence-electron chi connectivity index (χ0n) is 10.2. The van der Waals surface area contributed by atoms with Gasteiger partial charge in [-0.3, -0.25) is 0 Å². The maximum atomic E-state index is 6.24. The van der Waals surface area contributed by atoms with E-state index in [2.05, 4.69) is 0 Å². The number of para-hydroxylation sites is 2. The molecule has 1 aromatic carbocycles. The Morgan fingerprint density at radius 1 is 1.24 bits per heavy atom. The number of methoxy groups -OCH3 is 1. The van der Waals surface area contributed by atoms with Gasteiger partial charge in [-0.05, 0) is 37.3 Å². The van der Waals surface area contributed by atoms with Gasteiger partial charge in [0.15, 0.2) is 11.5 Å². The maximum absolute atomic E-state index is 6.24. The Morgan fingerprint density at radius 3 is 2.65 bits per heavy atom. The minimum atomic E-state index is 0.344. The topological polar surface area (TPSA) is 18.5 Å². The number of alkyl halides is 1. The van der Waals surface area contributed by atoms with Gasteiger partial charge in [-0.1, -0.05) is 18.6 Å². The van der Waals surface area contributed by atoms with Gasteiger partial charge in [0.05, 0.1) is 13.7 Å². The first kappa shape index (κ1) is 12.6. The number of rotatable bonds is 5. The first-order valence-corrected chi connectivity index (χ1v) is 6.65. The van der Waals surface area contributed by atoms with Crippen molar-refractivity contribution in [1.29, 1.82) is 0 Å². The van der Waals surface area contributed by atoms with Crippen LogP contribution in [0.1, 0.15) is 25.7 Å². The predicted molar refractivity (Wildman–Crippen MR) is 70.1 cm³/mol. The molecule has 0 spiro atoms. The van der Waals surface area contributed by atoms with Crippen molar-refractivity contribution >= 4 is 11.6 Å². The lowest BCUT2D eigenvalue weighted by atomic mass is 10.0. The van der Waals surface area contributed by atoms with Gasteiger partial charge < -0.3 is 9.47 Å². The first-order chi connectivity index (χ1) is 8.31. The van der Waals surface area contributed by atoms with E-state index in [1.165, 1.54) is 12.8 Å². The van der Waals surface area contributed by atoms with Crippen LogP contribution in [0, 0.1) is 5.92 Å². The molecule has 0 aromatic heterocycles. The summed E-state index contributed by atoms with van der Waals surface area (Å²) in [5, 5.41) is 0.344. The summed E-state index contributed by atoms with van der Waals surface area (Å²) in [6.07, 6.45) is 4.68.